The van der Waals surface area contributed by atoms with Crippen molar-refractivity contribution in [2.24, 2.45) is 17.6 Å². The summed E-state index contributed by atoms with van der Waals surface area (Å²) < 4.78 is 0. The van der Waals surface area contributed by atoms with Gasteiger partial charge < -0.3 is 11.1 Å². The highest BCUT2D eigenvalue weighted by Gasteiger charge is 2.26. The number of nitrogens with one attached hydrogen (secondary N) is 1. The van der Waals surface area contributed by atoms with Gasteiger partial charge in [0.2, 0.25) is 5.91 Å². The molecule has 2 atom stereocenters. The Kier molecular flexibility index (Phi) is 8.55. The Hall–Kier alpha value is -0.280. The first kappa shape index (κ1) is 17.8. The Morgan fingerprint density at radius 1 is 0.950 bits per heavy atom. The Balaban J connectivity index is 0.00000200. The molecule has 0 bridgehead atoms. The smallest absolute Gasteiger partial charge is 0.220 e. The van der Waals surface area contributed by atoms with Gasteiger partial charge in [0, 0.05) is 12.5 Å². The highest BCUT2D eigenvalue weighted by atomic mass is 35.5. The van der Waals surface area contributed by atoms with E-state index in [9.17, 15) is 4.79 Å². The normalized spacial score (nSPS) is 28.2. The van der Waals surface area contributed by atoms with E-state index in [0.29, 0.717) is 24.4 Å². The van der Waals surface area contributed by atoms with Crippen molar-refractivity contribution in [2.45, 2.75) is 76.7 Å². The van der Waals surface area contributed by atoms with E-state index in [1.807, 2.05) is 0 Å². The molecule has 0 spiro atoms. The Labute approximate surface area is 129 Å². The summed E-state index contributed by atoms with van der Waals surface area (Å²) in [6, 6.07) is 0.344. The fourth-order valence-corrected chi connectivity index (χ4v) is 3.78. The van der Waals surface area contributed by atoms with E-state index in [-0.39, 0.29) is 18.3 Å². The molecule has 3 N–H and O–H groups in total. The van der Waals surface area contributed by atoms with Crippen molar-refractivity contribution >= 4 is 18.3 Å². The van der Waals surface area contributed by atoms with Gasteiger partial charge in [-0.05, 0) is 44.1 Å². The first-order valence-corrected chi connectivity index (χ1v) is 8.29. The predicted octanol–water partition coefficient (Wildman–Crippen LogP) is 3.40. The van der Waals surface area contributed by atoms with Gasteiger partial charge in [0.05, 0.1) is 0 Å². The van der Waals surface area contributed by atoms with E-state index in [1.165, 1.54) is 57.8 Å². The topological polar surface area (TPSA) is 55.1 Å². The van der Waals surface area contributed by atoms with Crippen LogP contribution in [-0.2, 0) is 4.79 Å². The Morgan fingerprint density at radius 3 is 2.20 bits per heavy atom. The van der Waals surface area contributed by atoms with Crippen molar-refractivity contribution in [3.8, 4) is 0 Å². The summed E-state index contributed by atoms with van der Waals surface area (Å²) in [5.41, 5.74) is 5.82. The van der Waals surface area contributed by atoms with Crippen LogP contribution in [0.5, 0.6) is 0 Å². The van der Waals surface area contributed by atoms with Crippen LogP contribution in [0.4, 0.5) is 0 Å². The maximum atomic E-state index is 12.2. The lowest BCUT2D eigenvalue weighted by Gasteiger charge is -2.31. The number of hydrogen-bond acceptors (Lipinski definition) is 2. The van der Waals surface area contributed by atoms with Gasteiger partial charge in [0.15, 0.2) is 0 Å². The van der Waals surface area contributed by atoms with Crippen molar-refractivity contribution in [1.29, 1.82) is 0 Å². The van der Waals surface area contributed by atoms with Crippen LogP contribution >= 0.6 is 12.4 Å². The van der Waals surface area contributed by atoms with E-state index in [1.54, 1.807) is 0 Å². The fourth-order valence-electron chi connectivity index (χ4n) is 3.78. The Morgan fingerprint density at radius 2 is 1.55 bits per heavy atom. The van der Waals surface area contributed by atoms with Gasteiger partial charge in [0.1, 0.15) is 0 Å². The van der Waals surface area contributed by atoms with Gasteiger partial charge >= 0.3 is 0 Å². The standard InChI is InChI=1S/C16H30N2O.ClH/c17-12-14-9-5-6-10-15(14)18-16(19)11-13-7-3-1-2-4-8-13;/h13-15H,1-12,17H2,(H,18,19);1H. The molecule has 118 valence electrons. The van der Waals surface area contributed by atoms with Gasteiger partial charge in [-0.2, -0.15) is 0 Å². The van der Waals surface area contributed by atoms with Gasteiger partial charge in [-0.3, -0.25) is 4.79 Å². The second-order valence-electron chi connectivity index (χ2n) is 6.52. The Bertz CT molecular complexity index is 278. The molecule has 2 saturated carbocycles. The number of hydrogen-bond donors (Lipinski definition) is 2. The van der Waals surface area contributed by atoms with Crippen LogP contribution in [0.2, 0.25) is 0 Å². The second kappa shape index (κ2) is 9.62. The molecule has 20 heavy (non-hydrogen) atoms. The average molecular weight is 303 g/mol. The number of rotatable bonds is 4. The molecule has 0 aromatic heterocycles. The molecular formula is C16H31ClN2O. The molecule has 3 nitrogen and oxygen atoms in total. The number of carbonyl (C=O) groups excluding carboxylic acids is 1. The highest BCUT2D eigenvalue weighted by Crippen LogP contribution is 2.27. The van der Waals surface area contributed by atoms with E-state index < -0.39 is 0 Å². The molecule has 4 heteroatoms. The number of halogens is 1. The lowest BCUT2D eigenvalue weighted by atomic mass is 9.84. The first-order valence-electron chi connectivity index (χ1n) is 8.29. The molecule has 0 heterocycles. The molecule has 2 unspecified atom stereocenters. The predicted molar refractivity (Wildman–Crippen MR) is 86.0 cm³/mol. The molecule has 0 aromatic carbocycles. The quantitative estimate of drug-likeness (QED) is 0.782. The van der Waals surface area contributed by atoms with Crippen LogP contribution in [0.3, 0.4) is 0 Å². The zero-order chi connectivity index (χ0) is 13.5. The minimum Gasteiger partial charge on any atom is -0.353 e. The summed E-state index contributed by atoms with van der Waals surface area (Å²) >= 11 is 0. The third-order valence-corrected chi connectivity index (χ3v) is 5.01. The minimum atomic E-state index is 0. The lowest BCUT2D eigenvalue weighted by molar-refractivity contribution is -0.123. The number of carbonyl (C=O) groups is 1. The van der Waals surface area contributed by atoms with Crippen LogP contribution < -0.4 is 11.1 Å². The molecule has 1 amide bonds. The van der Waals surface area contributed by atoms with Gasteiger partial charge in [-0.25, -0.2) is 0 Å². The zero-order valence-corrected chi connectivity index (χ0v) is 13.4. The molecule has 2 fully saturated rings. The number of nitrogens with two attached hydrogens (primary N) is 1. The van der Waals surface area contributed by atoms with Gasteiger partial charge in [-0.1, -0.05) is 38.5 Å². The molecule has 0 saturated heterocycles. The maximum absolute atomic E-state index is 12.2. The van der Waals surface area contributed by atoms with E-state index in [2.05, 4.69) is 5.32 Å². The van der Waals surface area contributed by atoms with Gasteiger partial charge in [-0.15, -0.1) is 12.4 Å². The molecule has 2 rings (SSSR count). The minimum absolute atomic E-state index is 0. The lowest BCUT2D eigenvalue weighted by Crippen LogP contribution is -2.45. The van der Waals surface area contributed by atoms with Crippen LogP contribution in [0.1, 0.15) is 70.6 Å². The third kappa shape index (κ3) is 5.61. The molecule has 2 aliphatic carbocycles. The van der Waals surface area contributed by atoms with Crippen molar-refractivity contribution in [3.05, 3.63) is 0 Å². The zero-order valence-electron chi connectivity index (χ0n) is 12.6. The third-order valence-electron chi connectivity index (χ3n) is 5.01. The van der Waals surface area contributed by atoms with Crippen LogP contribution in [0, 0.1) is 11.8 Å². The summed E-state index contributed by atoms with van der Waals surface area (Å²) in [6.07, 6.45) is 13.4. The summed E-state index contributed by atoms with van der Waals surface area (Å²) in [6.45, 7) is 0.717. The molecule has 2 aliphatic rings. The summed E-state index contributed by atoms with van der Waals surface area (Å²) in [5.74, 6) is 1.41. The van der Waals surface area contributed by atoms with Crippen LogP contribution in [0.15, 0.2) is 0 Å². The van der Waals surface area contributed by atoms with Crippen LogP contribution in [0.25, 0.3) is 0 Å². The fraction of sp³-hybridized carbons (Fsp3) is 0.938. The summed E-state index contributed by atoms with van der Waals surface area (Å²) in [7, 11) is 0. The van der Waals surface area contributed by atoms with E-state index in [0.717, 1.165) is 12.8 Å². The SMILES string of the molecule is Cl.NCC1CCCCC1NC(=O)CC1CCCCCC1. The van der Waals surface area contributed by atoms with Crippen molar-refractivity contribution in [1.82, 2.24) is 5.32 Å². The molecule has 0 aromatic rings. The summed E-state index contributed by atoms with van der Waals surface area (Å²) in [5, 5.41) is 3.27. The van der Waals surface area contributed by atoms with E-state index >= 15 is 0 Å². The van der Waals surface area contributed by atoms with Gasteiger partial charge in [0.25, 0.3) is 0 Å². The van der Waals surface area contributed by atoms with Crippen LogP contribution in [-0.4, -0.2) is 18.5 Å². The molecule has 0 radical (unpaired) electrons. The van der Waals surface area contributed by atoms with E-state index in [4.69, 9.17) is 5.73 Å². The average Bonchev–Trinajstić information content (AvgIpc) is 2.68. The highest BCUT2D eigenvalue weighted by molar-refractivity contribution is 5.85. The molecule has 0 aliphatic heterocycles. The number of amides is 1. The monoisotopic (exact) mass is 302 g/mol. The van der Waals surface area contributed by atoms with Crippen molar-refractivity contribution < 1.29 is 4.79 Å². The largest absolute Gasteiger partial charge is 0.353 e. The second-order valence-corrected chi connectivity index (χ2v) is 6.52. The first-order chi connectivity index (χ1) is 9.29. The maximum Gasteiger partial charge on any atom is 0.220 e. The molecular weight excluding hydrogens is 272 g/mol. The van der Waals surface area contributed by atoms with Crippen molar-refractivity contribution in [2.75, 3.05) is 6.54 Å². The van der Waals surface area contributed by atoms with Crippen molar-refractivity contribution in [3.63, 3.8) is 0 Å². The summed E-state index contributed by atoms with van der Waals surface area (Å²) in [4.78, 5) is 12.2.